The second-order valence-electron chi connectivity index (χ2n) is 7.71. The fourth-order valence-electron chi connectivity index (χ4n) is 3.75. The number of carbonyl (C=O) groups excluding carboxylic acids is 1. The Morgan fingerprint density at radius 1 is 1.00 bits per heavy atom. The molecule has 1 aliphatic heterocycles. The molecule has 0 atom stereocenters. The minimum atomic E-state index is -3.91. The number of rotatable bonds is 5. The van der Waals surface area contributed by atoms with Crippen LogP contribution in [0.25, 0.3) is 10.2 Å². The van der Waals surface area contributed by atoms with Crippen molar-refractivity contribution in [1.82, 2.24) is 14.9 Å². The van der Waals surface area contributed by atoms with Gasteiger partial charge in [0.15, 0.2) is 10.2 Å². The molecule has 11 heteroatoms. The van der Waals surface area contributed by atoms with E-state index in [-0.39, 0.29) is 16.6 Å². The summed E-state index contributed by atoms with van der Waals surface area (Å²) in [7, 11) is -3.91. The number of aromatic nitrogens is 2. The summed E-state index contributed by atoms with van der Waals surface area (Å²) in [5, 5.41) is 0.831. The van der Waals surface area contributed by atoms with E-state index in [0.29, 0.717) is 31.7 Å². The minimum Gasteiger partial charge on any atom is -0.345 e. The molecule has 8 nitrogen and oxygen atoms in total. The molecule has 34 heavy (non-hydrogen) atoms. The van der Waals surface area contributed by atoms with E-state index < -0.39 is 10.0 Å². The quantitative estimate of drug-likeness (QED) is 0.394. The van der Waals surface area contributed by atoms with Crippen molar-refractivity contribution in [2.24, 2.45) is 0 Å². The average molecular weight is 558 g/mol. The number of anilines is 2. The molecular formula is C23H20BrN5O3S2. The predicted molar refractivity (Wildman–Crippen MR) is 137 cm³/mol. The molecule has 3 heterocycles. The van der Waals surface area contributed by atoms with E-state index in [9.17, 15) is 13.2 Å². The number of benzene rings is 2. The zero-order valence-corrected chi connectivity index (χ0v) is 21.1. The number of halogens is 1. The zero-order valence-electron chi connectivity index (χ0n) is 17.9. The number of sulfonamides is 1. The molecule has 174 valence electrons. The second kappa shape index (κ2) is 9.32. The minimum absolute atomic E-state index is 0.103. The van der Waals surface area contributed by atoms with Crippen molar-refractivity contribution in [2.45, 2.75) is 5.03 Å². The Hall–Kier alpha value is -3.02. The summed E-state index contributed by atoms with van der Waals surface area (Å²) in [6.07, 6.45) is 1.41. The molecule has 2 aromatic heterocycles. The van der Waals surface area contributed by atoms with Crippen LogP contribution in [0.3, 0.4) is 0 Å². The number of carbonyl (C=O) groups is 1. The van der Waals surface area contributed by atoms with Gasteiger partial charge in [0.05, 0.1) is 21.5 Å². The number of thiazole rings is 1. The van der Waals surface area contributed by atoms with E-state index in [0.717, 1.165) is 19.8 Å². The molecule has 2 aromatic carbocycles. The Balaban J connectivity index is 1.30. The molecule has 4 aromatic rings. The first-order valence-corrected chi connectivity index (χ1v) is 13.6. The van der Waals surface area contributed by atoms with Crippen molar-refractivity contribution in [2.75, 3.05) is 35.8 Å². The third-order valence-electron chi connectivity index (χ3n) is 5.49. The fourth-order valence-corrected chi connectivity index (χ4v) is 6.35. The highest BCUT2D eigenvalue weighted by Crippen LogP contribution is 2.31. The lowest BCUT2D eigenvalue weighted by Crippen LogP contribution is -2.48. The van der Waals surface area contributed by atoms with Gasteiger partial charge in [0.2, 0.25) is 0 Å². The lowest BCUT2D eigenvalue weighted by atomic mass is 10.1. The number of hydrogen-bond donors (Lipinski definition) is 1. The second-order valence-corrected chi connectivity index (χ2v) is 11.3. The monoisotopic (exact) mass is 557 g/mol. The van der Waals surface area contributed by atoms with Gasteiger partial charge in [-0.05, 0) is 42.5 Å². The summed E-state index contributed by atoms with van der Waals surface area (Å²) >= 11 is 5.13. The number of fused-ring (bicyclic) bond motifs is 1. The smallest absolute Gasteiger partial charge is 0.279 e. The van der Waals surface area contributed by atoms with E-state index >= 15 is 0 Å². The van der Waals surface area contributed by atoms with Gasteiger partial charge in [-0.1, -0.05) is 45.5 Å². The predicted octanol–water partition coefficient (Wildman–Crippen LogP) is 4.22. The van der Waals surface area contributed by atoms with Crippen LogP contribution < -0.4 is 9.62 Å². The summed E-state index contributed by atoms with van der Waals surface area (Å²) in [5.74, 6) is -0.216. The molecule has 0 bridgehead atoms. The number of hydrogen-bond acceptors (Lipinski definition) is 7. The Labute approximate surface area is 209 Å². The number of piperazine rings is 1. The topological polar surface area (TPSA) is 95.5 Å². The number of pyridine rings is 1. The van der Waals surface area contributed by atoms with E-state index in [1.165, 1.54) is 12.3 Å². The van der Waals surface area contributed by atoms with Crippen LogP contribution in [0.1, 0.15) is 10.4 Å². The van der Waals surface area contributed by atoms with Gasteiger partial charge in [-0.2, -0.15) is 8.42 Å². The van der Waals surface area contributed by atoms with Crippen molar-refractivity contribution in [3.05, 3.63) is 76.9 Å². The molecule has 0 saturated carbocycles. The summed E-state index contributed by atoms with van der Waals surface area (Å²) in [4.78, 5) is 25.9. The molecule has 1 N–H and O–H groups in total. The maximum Gasteiger partial charge on any atom is 0.279 e. The third-order valence-corrected chi connectivity index (χ3v) is 8.34. The van der Waals surface area contributed by atoms with Crippen molar-refractivity contribution >= 4 is 64.2 Å². The summed E-state index contributed by atoms with van der Waals surface area (Å²) in [5.41, 5.74) is 1.49. The Morgan fingerprint density at radius 3 is 2.53 bits per heavy atom. The number of amides is 1. The highest BCUT2D eigenvalue weighted by Gasteiger charge is 2.26. The molecule has 1 saturated heterocycles. The van der Waals surface area contributed by atoms with Gasteiger partial charge in [0, 0.05) is 36.8 Å². The summed E-state index contributed by atoms with van der Waals surface area (Å²) in [6, 6.07) is 17.3. The van der Waals surface area contributed by atoms with E-state index in [2.05, 4.69) is 36.6 Å². The number of para-hydroxylation sites is 1. The maximum atomic E-state index is 13.3. The summed E-state index contributed by atoms with van der Waals surface area (Å²) < 4.78 is 30.1. The zero-order chi connectivity index (χ0) is 23.7. The highest BCUT2D eigenvalue weighted by molar-refractivity contribution is 9.10. The van der Waals surface area contributed by atoms with Crippen LogP contribution in [-0.4, -0.2) is 55.4 Å². The van der Waals surface area contributed by atoms with Gasteiger partial charge in [0.1, 0.15) is 0 Å². The van der Waals surface area contributed by atoms with E-state index in [1.807, 2.05) is 12.1 Å². The Kier molecular flexibility index (Phi) is 6.24. The number of nitrogens with one attached hydrogen (secondary N) is 1. The lowest BCUT2D eigenvalue weighted by molar-refractivity contribution is 0.0748. The molecule has 0 unspecified atom stereocenters. The Morgan fingerprint density at radius 2 is 1.76 bits per heavy atom. The maximum absolute atomic E-state index is 13.3. The fraction of sp³-hybridized carbons (Fsp3) is 0.174. The first kappa shape index (κ1) is 22.8. The van der Waals surface area contributed by atoms with E-state index in [1.54, 1.807) is 52.6 Å². The van der Waals surface area contributed by atoms with Gasteiger partial charge < -0.3 is 9.80 Å². The van der Waals surface area contributed by atoms with Crippen molar-refractivity contribution in [3.63, 3.8) is 0 Å². The average Bonchev–Trinajstić information content (AvgIpc) is 3.28. The number of nitrogens with zero attached hydrogens (tertiary/aromatic N) is 4. The van der Waals surface area contributed by atoms with Crippen LogP contribution in [-0.2, 0) is 10.0 Å². The molecular weight excluding hydrogens is 538 g/mol. The van der Waals surface area contributed by atoms with Crippen molar-refractivity contribution in [1.29, 1.82) is 0 Å². The van der Waals surface area contributed by atoms with Crippen LogP contribution in [0.2, 0.25) is 0 Å². The van der Waals surface area contributed by atoms with Crippen LogP contribution in [0.15, 0.2) is 76.4 Å². The SMILES string of the molecule is O=C(c1ccccc1NS(=O)(=O)c1ccccn1)N1CCN(c2nc3ccc(Br)cc3s2)CC1. The van der Waals surface area contributed by atoms with Crippen LogP contribution in [0.4, 0.5) is 10.8 Å². The summed E-state index contributed by atoms with van der Waals surface area (Å²) in [6.45, 7) is 2.32. The van der Waals surface area contributed by atoms with Crippen molar-refractivity contribution in [3.8, 4) is 0 Å². The first-order valence-electron chi connectivity index (χ1n) is 10.5. The van der Waals surface area contributed by atoms with Gasteiger partial charge in [0.25, 0.3) is 15.9 Å². The van der Waals surface area contributed by atoms with E-state index in [4.69, 9.17) is 4.98 Å². The van der Waals surface area contributed by atoms with Gasteiger partial charge in [-0.3, -0.25) is 9.52 Å². The van der Waals surface area contributed by atoms with Crippen LogP contribution in [0.5, 0.6) is 0 Å². The molecule has 0 radical (unpaired) electrons. The lowest BCUT2D eigenvalue weighted by Gasteiger charge is -2.34. The molecule has 0 spiro atoms. The van der Waals surface area contributed by atoms with Crippen LogP contribution in [0, 0.1) is 0 Å². The third kappa shape index (κ3) is 4.63. The van der Waals surface area contributed by atoms with Gasteiger partial charge in [-0.25, -0.2) is 9.97 Å². The van der Waals surface area contributed by atoms with Crippen molar-refractivity contribution < 1.29 is 13.2 Å². The Bertz CT molecular complexity index is 1450. The standard InChI is InChI=1S/C23H20BrN5O3S2/c24-16-8-9-19-20(15-16)33-23(26-19)29-13-11-28(12-14-29)22(30)17-5-1-2-6-18(17)27-34(31,32)21-7-3-4-10-25-21/h1-10,15,27H,11-14H2. The molecule has 1 fully saturated rings. The van der Waals surface area contributed by atoms with Crippen LogP contribution >= 0.6 is 27.3 Å². The first-order chi connectivity index (χ1) is 16.4. The highest BCUT2D eigenvalue weighted by atomic mass is 79.9. The molecule has 1 amide bonds. The van der Waals surface area contributed by atoms with Gasteiger partial charge >= 0.3 is 0 Å². The molecule has 0 aliphatic carbocycles. The molecule has 5 rings (SSSR count). The normalized spacial score (nSPS) is 14.4. The van der Waals surface area contributed by atoms with Gasteiger partial charge in [-0.15, -0.1) is 0 Å². The molecule has 1 aliphatic rings. The largest absolute Gasteiger partial charge is 0.345 e.